The van der Waals surface area contributed by atoms with Crippen LogP contribution in [0, 0.1) is 0 Å². The van der Waals surface area contributed by atoms with Crippen LogP contribution in [0.2, 0.25) is 5.02 Å². The predicted molar refractivity (Wildman–Crippen MR) is 142 cm³/mol. The van der Waals surface area contributed by atoms with Gasteiger partial charge in [0.1, 0.15) is 6.54 Å². The lowest BCUT2D eigenvalue weighted by Gasteiger charge is -2.38. The number of nitrogens with zero attached hydrogens (tertiary/aromatic N) is 4. The Bertz CT molecular complexity index is 1470. The monoisotopic (exact) mass is 520 g/mol. The van der Waals surface area contributed by atoms with Crippen molar-refractivity contribution in [1.82, 2.24) is 18.9 Å². The molecule has 2 aliphatic rings. The Kier molecular flexibility index (Phi) is 7.02. The van der Waals surface area contributed by atoms with E-state index in [2.05, 4.69) is 6.07 Å². The minimum Gasteiger partial charge on any atom is -0.341 e. The van der Waals surface area contributed by atoms with Gasteiger partial charge in [-0.3, -0.25) is 23.5 Å². The number of aromatic nitrogens is 2. The molecule has 5 rings (SSSR count). The quantitative estimate of drug-likeness (QED) is 0.529. The number of hydrogen-bond donors (Lipinski definition) is 0. The molecule has 3 heterocycles. The van der Waals surface area contributed by atoms with E-state index in [1.54, 1.807) is 29.2 Å². The average molecular weight is 521 g/mol. The third-order valence-electron chi connectivity index (χ3n) is 7.45. The summed E-state index contributed by atoms with van der Waals surface area (Å²) in [7, 11) is 1.40. The number of likely N-dealkylation sites (tertiary alicyclic amines) is 1. The maximum atomic E-state index is 13.1. The average Bonchev–Trinajstić information content (AvgIpc) is 3.07. The third-order valence-corrected chi connectivity index (χ3v) is 7.69. The van der Waals surface area contributed by atoms with Crippen LogP contribution in [0.25, 0.3) is 11.1 Å². The summed E-state index contributed by atoms with van der Waals surface area (Å²) in [6.45, 7) is 1.56. The second-order valence-electron chi connectivity index (χ2n) is 9.72. The molecule has 8 nitrogen and oxygen atoms in total. The van der Waals surface area contributed by atoms with Crippen molar-refractivity contribution in [1.29, 1.82) is 0 Å². The minimum atomic E-state index is -0.547. The zero-order chi connectivity index (χ0) is 26.1. The lowest BCUT2D eigenvalue weighted by atomic mass is 10.0. The number of rotatable bonds is 4. The van der Waals surface area contributed by atoms with E-state index in [0.717, 1.165) is 16.6 Å². The van der Waals surface area contributed by atoms with Crippen LogP contribution in [0.5, 0.6) is 0 Å². The zero-order valence-electron chi connectivity index (χ0n) is 20.7. The number of carbonyl (C=O) groups excluding carboxylic acids is 2. The molecule has 9 heteroatoms. The fourth-order valence-corrected chi connectivity index (χ4v) is 5.55. The summed E-state index contributed by atoms with van der Waals surface area (Å²) < 4.78 is 2.29. The zero-order valence-corrected chi connectivity index (χ0v) is 21.5. The number of fused-ring (bicyclic) bond motifs is 1. The molecule has 0 N–H and O–H groups in total. The van der Waals surface area contributed by atoms with Crippen LogP contribution in [0.3, 0.4) is 0 Å². The van der Waals surface area contributed by atoms with E-state index in [9.17, 15) is 19.2 Å². The maximum absolute atomic E-state index is 13.1. The molecule has 0 atom stereocenters. The Morgan fingerprint density at radius 1 is 0.973 bits per heavy atom. The van der Waals surface area contributed by atoms with Crippen molar-refractivity contribution in [3.63, 3.8) is 0 Å². The van der Waals surface area contributed by atoms with E-state index < -0.39 is 11.2 Å². The van der Waals surface area contributed by atoms with Gasteiger partial charge in [-0.2, -0.15) is 0 Å². The lowest BCUT2D eigenvalue weighted by Crippen LogP contribution is -2.50. The Balaban J connectivity index is 1.26. The molecule has 1 aromatic heterocycles. The van der Waals surface area contributed by atoms with Crippen LogP contribution in [-0.2, 0) is 36.0 Å². The standard InChI is InChI=1S/C28H29ClN4O4/c1-30-27(36)24(21-7-4-8-22(29)15-21)17-32(28(30)37)18-26(35)31-12-10-23(11-13-31)33-14-9-19-5-2-3-6-20(19)16-25(33)34/h2-8,15,17,23H,9-14,16,18H2,1H3. The highest BCUT2D eigenvalue weighted by Gasteiger charge is 2.31. The molecule has 0 saturated carbocycles. The van der Waals surface area contributed by atoms with Gasteiger partial charge in [0.25, 0.3) is 5.56 Å². The number of carbonyl (C=O) groups is 2. The highest BCUT2D eigenvalue weighted by Crippen LogP contribution is 2.23. The fraction of sp³-hybridized carbons (Fsp3) is 0.357. The molecule has 1 saturated heterocycles. The van der Waals surface area contributed by atoms with Crippen LogP contribution in [0.4, 0.5) is 0 Å². The number of halogens is 1. The SMILES string of the molecule is Cn1c(=O)c(-c2cccc(Cl)c2)cn(CC(=O)N2CCC(N3CCc4ccccc4CC3=O)CC2)c1=O. The van der Waals surface area contributed by atoms with Gasteiger partial charge in [-0.1, -0.05) is 48.0 Å². The number of amides is 2. The first-order chi connectivity index (χ1) is 17.8. The first kappa shape index (κ1) is 25.0. The van der Waals surface area contributed by atoms with Crippen LogP contribution in [0.15, 0.2) is 64.3 Å². The van der Waals surface area contributed by atoms with E-state index in [-0.39, 0.29) is 24.4 Å². The van der Waals surface area contributed by atoms with Gasteiger partial charge in [0, 0.05) is 43.9 Å². The van der Waals surface area contributed by atoms with Gasteiger partial charge in [-0.15, -0.1) is 0 Å². The number of piperidine rings is 1. The smallest absolute Gasteiger partial charge is 0.331 e. The topological polar surface area (TPSA) is 84.6 Å². The lowest BCUT2D eigenvalue weighted by molar-refractivity contribution is -0.136. The molecule has 192 valence electrons. The van der Waals surface area contributed by atoms with Crippen molar-refractivity contribution in [2.75, 3.05) is 19.6 Å². The molecule has 3 aromatic rings. The van der Waals surface area contributed by atoms with Gasteiger partial charge in [-0.25, -0.2) is 4.79 Å². The summed E-state index contributed by atoms with van der Waals surface area (Å²) in [5, 5.41) is 0.475. The van der Waals surface area contributed by atoms with E-state index in [1.165, 1.54) is 23.4 Å². The molecule has 0 spiro atoms. The van der Waals surface area contributed by atoms with E-state index in [4.69, 9.17) is 11.6 Å². The first-order valence-electron chi connectivity index (χ1n) is 12.5. The molecule has 37 heavy (non-hydrogen) atoms. The Morgan fingerprint density at radius 3 is 2.43 bits per heavy atom. The van der Waals surface area contributed by atoms with Crippen LogP contribution in [-0.4, -0.2) is 56.4 Å². The van der Waals surface area contributed by atoms with Crippen LogP contribution < -0.4 is 11.2 Å². The second-order valence-corrected chi connectivity index (χ2v) is 10.2. The number of hydrogen-bond acceptors (Lipinski definition) is 4. The summed E-state index contributed by atoms with van der Waals surface area (Å²) in [4.78, 5) is 55.3. The fourth-order valence-electron chi connectivity index (χ4n) is 5.36. The summed E-state index contributed by atoms with van der Waals surface area (Å²) in [5.74, 6) is -0.0501. The molecule has 0 aliphatic carbocycles. The first-order valence-corrected chi connectivity index (χ1v) is 12.9. The summed E-state index contributed by atoms with van der Waals surface area (Å²) in [6.07, 6.45) is 4.09. The van der Waals surface area contributed by atoms with Crippen molar-refractivity contribution in [3.8, 4) is 11.1 Å². The van der Waals surface area contributed by atoms with Gasteiger partial charge in [0.05, 0.1) is 12.0 Å². The molecule has 1 fully saturated rings. The molecule has 0 bridgehead atoms. The van der Waals surface area contributed by atoms with Gasteiger partial charge < -0.3 is 9.80 Å². The van der Waals surface area contributed by atoms with E-state index >= 15 is 0 Å². The Hall–Kier alpha value is -3.65. The highest BCUT2D eigenvalue weighted by molar-refractivity contribution is 6.30. The van der Waals surface area contributed by atoms with Crippen LogP contribution in [0.1, 0.15) is 24.0 Å². The van der Waals surface area contributed by atoms with Gasteiger partial charge >= 0.3 is 5.69 Å². The summed E-state index contributed by atoms with van der Waals surface area (Å²) >= 11 is 6.09. The molecular weight excluding hydrogens is 492 g/mol. The Labute approximate surface area is 219 Å². The third kappa shape index (κ3) is 5.11. The van der Waals surface area contributed by atoms with Crippen molar-refractivity contribution in [2.45, 2.75) is 38.3 Å². The molecule has 0 radical (unpaired) electrons. The van der Waals surface area contributed by atoms with Crippen molar-refractivity contribution < 1.29 is 9.59 Å². The molecule has 2 aromatic carbocycles. The minimum absolute atomic E-state index is 0.0977. The highest BCUT2D eigenvalue weighted by atomic mass is 35.5. The molecule has 2 amide bonds. The van der Waals surface area contributed by atoms with Gasteiger partial charge in [0.2, 0.25) is 11.8 Å². The maximum Gasteiger partial charge on any atom is 0.331 e. The van der Waals surface area contributed by atoms with Crippen molar-refractivity contribution >= 4 is 23.4 Å². The Morgan fingerprint density at radius 2 is 1.70 bits per heavy atom. The normalized spacial score (nSPS) is 16.4. The summed E-state index contributed by atoms with van der Waals surface area (Å²) in [5.41, 5.74) is 2.22. The summed E-state index contributed by atoms with van der Waals surface area (Å²) in [6, 6.07) is 15.0. The molecule has 2 aliphatic heterocycles. The van der Waals surface area contributed by atoms with E-state index in [1.807, 2.05) is 23.1 Å². The van der Waals surface area contributed by atoms with Gasteiger partial charge in [-0.05, 0) is 48.1 Å². The molecule has 0 unspecified atom stereocenters. The second kappa shape index (κ2) is 10.4. The molecular formula is C28H29ClN4O4. The predicted octanol–water partition coefficient (Wildman–Crippen LogP) is 2.49. The van der Waals surface area contributed by atoms with Crippen molar-refractivity contribution in [3.05, 3.63) is 91.7 Å². The van der Waals surface area contributed by atoms with Crippen molar-refractivity contribution in [2.24, 2.45) is 7.05 Å². The van der Waals surface area contributed by atoms with Crippen LogP contribution >= 0.6 is 11.6 Å². The van der Waals surface area contributed by atoms with E-state index in [0.29, 0.717) is 55.0 Å². The van der Waals surface area contributed by atoms with Gasteiger partial charge in [0.15, 0.2) is 0 Å². The number of benzene rings is 2. The largest absolute Gasteiger partial charge is 0.341 e.